The van der Waals surface area contributed by atoms with E-state index in [9.17, 15) is 43.2 Å². The first-order valence-corrected chi connectivity index (χ1v) is 40.5. The molecule has 0 heterocycles. The van der Waals surface area contributed by atoms with Crippen LogP contribution in [0.3, 0.4) is 0 Å². The van der Waals surface area contributed by atoms with Gasteiger partial charge in [-0.2, -0.15) is 0 Å². The fourth-order valence-electron chi connectivity index (χ4n) is 10.9. The van der Waals surface area contributed by atoms with Crippen molar-refractivity contribution in [3.63, 3.8) is 0 Å². The fraction of sp³-hybridized carbons (Fsp3) is 0.944. The zero-order valence-corrected chi connectivity index (χ0v) is 60.9. The molecule has 19 heteroatoms. The van der Waals surface area contributed by atoms with E-state index in [1.165, 1.54) is 180 Å². The molecule has 0 aliphatic rings. The Morgan fingerprint density at radius 3 is 0.747 bits per heavy atom. The summed E-state index contributed by atoms with van der Waals surface area (Å²) in [5, 5.41) is 10.6. The number of ether oxygens (including phenoxy) is 4. The second-order valence-corrected chi connectivity index (χ2v) is 29.8. The zero-order valence-electron chi connectivity index (χ0n) is 59.1. The van der Waals surface area contributed by atoms with Gasteiger partial charge in [-0.3, -0.25) is 37.3 Å². The minimum absolute atomic E-state index is 0.106. The topological polar surface area (TPSA) is 237 Å². The van der Waals surface area contributed by atoms with Crippen molar-refractivity contribution in [3.8, 4) is 0 Å². The van der Waals surface area contributed by atoms with Crippen molar-refractivity contribution in [2.75, 3.05) is 39.6 Å². The lowest BCUT2D eigenvalue weighted by atomic mass is 10.0. The first-order chi connectivity index (χ1) is 43.9. The molecule has 0 spiro atoms. The number of hydrogen-bond donors (Lipinski definition) is 3. The largest absolute Gasteiger partial charge is 0.472 e. The Balaban J connectivity index is 5.15. The molecule has 2 unspecified atom stereocenters. The van der Waals surface area contributed by atoms with Gasteiger partial charge in [0.05, 0.1) is 26.4 Å². The van der Waals surface area contributed by atoms with Gasteiger partial charge in [-0.05, 0) is 37.5 Å². The summed E-state index contributed by atoms with van der Waals surface area (Å²) in [7, 11) is -9.89. The number of phosphoric ester groups is 2. The highest BCUT2D eigenvalue weighted by atomic mass is 31.2. The molecule has 0 saturated heterocycles. The SMILES string of the molecule is CCCCCCCCCCCCCCCCCCCCC(=O)O[C@H](COC(=O)CCCCCCCCCCCCCC(C)C)COP(=O)(O)OC[C@@H](O)COP(=O)(O)OC[C@@H](COC(=O)CCCCCCC)OC(=O)CCCCCCCCCCCCCC(C)C. The summed E-state index contributed by atoms with van der Waals surface area (Å²) >= 11 is 0. The average Bonchev–Trinajstić information content (AvgIpc) is 3.24. The standard InChI is InChI=1S/C72H140O17P2/c1-7-9-11-13-14-15-16-17-18-19-20-21-22-27-33-38-44-50-56-72(77)89-68(61-83-70(75)55-49-43-37-32-28-23-25-30-35-41-46-52-64(3)4)63-87-91(80,81)85-59-66(73)58-84-90(78,79)86-62-67(60-82-69(74)54-48-40-12-10-8-2)88-71(76)57-51-45-39-34-29-24-26-31-36-42-47-53-65(5)6/h64-68,73H,7-63H2,1-6H3,(H,78,79)(H,80,81)/t66-,67+,68+/m0/s1. The molecule has 0 aromatic rings. The molecule has 0 aliphatic heterocycles. The third-order valence-electron chi connectivity index (χ3n) is 16.7. The van der Waals surface area contributed by atoms with E-state index in [0.29, 0.717) is 25.7 Å². The molecule has 3 N–H and O–H groups in total. The van der Waals surface area contributed by atoms with Gasteiger partial charge in [0.25, 0.3) is 0 Å². The first kappa shape index (κ1) is 89.1. The van der Waals surface area contributed by atoms with Crippen LogP contribution in [-0.2, 0) is 65.4 Å². The van der Waals surface area contributed by atoms with Gasteiger partial charge in [0.2, 0.25) is 0 Å². The van der Waals surface area contributed by atoms with Crippen molar-refractivity contribution in [2.45, 2.75) is 387 Å². The minimum Gasteiger partial charge on any atom is -0.462 e. The Bertz CT molecular complexity index is 1770. The van der Waals surface area contributed by atoms with Gasteiger partial charge < -0.3 is 33.8 Å². The van der Waals surface area contributed by atoms with Crippen molar-refractivity contribution in [3.05, 3.63) is 0 Å². The molecule has 540 valence electrons. The molecule has 0 rings (SSSR count). The van der Waals surface area contributed by atoms with Gasteiger partial charge in [0.1, 0.15) is 19.3 Å². The van der Waals surface area contributed by atoms with Crippen LogP contribution in [0, 0.1) is 11.8 Å². The monoisotopic (exact) mass is 1340 g/mol. The molecular weight excluding hydrogens is 1200 g/mol. The maximum atomic E-state index is 13.0. The molecule has 91 heavy (non-hydrogen) atoms. The summed E-state index contributed by atoms with van der Waals surface area (Å²) in [6.45, 7) is 9.48. The molecule has 0 radical (unpaired) electrons. The van der Waals surface area contributed by atoms with Crippen molar-refractivity contribution >= 4 is 39.5 Å². The number of aliphatic hydroxyl groups excluding tert-OH is 1. The molecule has 0 aliphatic carbocycles. The van der Waals surface area contributed by atoms with E-state index in [-0.39, 0.29) is 25.7 Å². The first-order valence-electron chi connectivity index (χ1n) is 37.5. The van der Waals surface area contributed by atoms with E-state index < -0.39 is 97.5 Å². The third kappa shape index (κ3) is 66.5. The highest BCUT2D eigenvalue weighted by Gasteiger charge is 2.30. The number of hydrogen-bond acceptors (Lipinski definition) is 15. The number of esters is 4. The Kier molecular flexibility index (Phi) is 62.7. The quantitative estimate of drug-likeness (QED) is 0.0222. The van der Waals surface area contributed by atoms with Crippen LogP contribution in [0.2, 0.25) is 0 Å². The van der Waals surface area contributed by atoms with Crippen molar-refractivity contribution in [1.82, 2.24) is 0 Å². The average molecular weight is 1340 g/mol. The van der Waals surface area contributed by atoms with Crippen LogP contribution < -0.4 is 0 Å². The number of phosphoric acid groups is 2. The fourth-order valence-corrected chi connectivity index (χ4v) is 12.5. The van der Waals surface area contributed by atoms with E-state index >= 15 is 0 Å². The molecule has 0 aromatic heterocycles. The summed E-state index contributed by atoms with van der Waals surface area (Å²) in [5.74, 6) is -0.595. The second-order valence-electron chi connectivity index (χ2n) is 26.9. The lowest BCUT2D eigenvalue weighted by Gasteiger charge is -2.21. The van der Waals surface area contributed by atoms with Crippen LogP contribution in [0.1, 0.15) is 369 Å². The van der Waals surface area contributed by atoms with Crippen LogP contribution in [0.15, 0.2) is 0 Å². The third-order valence-corrected chi connectivity index (χ3v) is 18.6. The van der Waals surface area contributed by atoms with Gasteiger partial charge in [-0.1, -0.05) is 318 Å². The van der Waals surface area contributed by atoms with Crippen LogP contribution in [0.5, 0.6) is 0 Å². The Labute approximate surface area is 556 Å². The summed E-state index contributed by atoms with van der Waals surface area (Å²) in [4.78, 5) is 72.4. The Morgan fingerprint density at radius 2 is 0.505 bits per heavy atom. The summed E-state index contributed by atoms with van der Waals surface area (Å²) in [6.07, 6.45) is 50.3. The molecule has 0 amide bonds. The van der Waals surface area contributed by atoms with Gasteiger partial charge in [-0.15, -0.1) is 0 Å². The lowest BCUT2D eigenvalue weighted by molar-refractivity contribution is -0.161. The minimum atomic E-state index is -4.95. The summed E-state index contributed by atoms with van der Waals surface area (Å²) < 4.78 is 68.2. The van der Waals surface area contributed by atoms with Crippen LogP contribution in [0.25, 0.3) is 0 Å². The normalized spacial score (nSPS) is 14.1. The van der Waals surface area contributed by atoms with Crippen LogP contribution >= 0.6 is 15.6 Å². The molecule has 0 fully saturated rings. The van der Waals surface area contributed by atoms with Gasteiger partial charge >= 0.3 is 39.5 Å². The zero-order chi connectivity index (χ0) is 67.2. The Morgan fingerprint density at radius 1 is 0.297 bits per heavy atom. The predicted molar refractivity (Wildman–Crippen MR) is 368 cm³/mol. The summed E-state index contributed by atoms with van der Waals surface area (Å²) in [6, 6.07) is 0. The van der Waals surface area contributed by atoms with Gasteiger partial charge in [0.15, 0.2) is 12.2 Å². The molecule has 0 aromatic carbocycles. The number of carbonyl (C=O) groups excluding carboxylic acids is 4. The van der Waals surface area contributed by atoms with Crippen LogP contribution in [-0.4, -0.2) is 96.7 Å². The predicted octanol–water partition coefficient (Wildman–Crippen LogP) is 20.8. The number of carbonyl (C=O) groups is 4. The highest BCUT2D eigenvalue weighted by Crippen LogP contribution is 2.45. The van der Waals surface area contributed by atoms with Gasteiger partial charge in [0, 0.05) is 25.7 Å². The smallest absolute Gasteiger partial charge is 0.462 e. The molecule has 5 atom stereocenters. The van der Waals surface area contributed by atoms with E-state index in [0.717, 1.165) is 108 Å². The van der Waals surface area contributed by atoms with Crippen molar-refractivity contribution < 1.29 is 80.2 Å². The van der Waals surface area contributed by atoms with E-state index in [4.69, 9.17) is 37.0 Å². The summed E-state index contributed by atoms with van der Waals surface area (Å²) in [5.41, 5.74) is 0. The molecule has 0 bridgehead atoms. The highest BCUT2D eigenvalue weighted by molar-refractivity contribution is 7.47. The maximum absolute atomic E-state index is 13.0. The van der Waals surface area contributed by atoms with E-state index in [2.05, 4.69) is 41.5 Å². The van der Waals surface area contributed by atoms with Crippen molar-refractivity contribution in [1.29, 1.82) is 0 Å². The van der Waals surface area contributed by atoms with Crippen LogP contribution in [0.4, 0.5) is 0 Å². The van der Waals surface area contributed by atoms with E-state index in [1.54, 1.807) is 0 Å². The maximum Gasteiger partial charge on any atom is 0.472 e. The van der Waals surface area contributed by atoms with Gasteiger partial charge in [-0.25, -0.2) is 9.13 Å². The number of unbranched alkanes of at least 4 members (excludes halogenated alkanes) is 41. The van der Waals surface area contributed by atoms with Crippen molar-refractivity contribution in [2.24, 2.45) is 11.8 Å². The molecule has 17 nitrogen and oxygen atoms in total. The Hall–Kier alpha value is -1.94. The number of rotatable bonds is 71. The lowest BCUT2D eigenvalue weighted by Crippen LogP contribution is -2.30. The number of aliphatic hydroxyl groups is 1. The van der Waals surface area contributed by atoms with E-state index in [1.807, 2.05) is 0 Å². The molecular formula is C72H140O17P2. The molecule has 0 saturated carbocycles. The second kappa shape index (κ2) is 64.1.